The van der Waals surface area contributed by atoms with Gasteiger partial charge in [-0.05, 0) is 57.6 Å². The van der Waals surface area contributed by atoms with Crippen LogP contribution in [-0.4, -0.2) is 19.1 Å². The molecule has 10 aromatic carbocycles. The lowest BCUT2D eigenvalue weighted by Crippen LogP contribution is -2.02. The van der Waals surface area contributed by atoms with Crippen molar-refractivity contribution in [2.24, 2.45) is 0 Å². The normalized spacial score (nSPS) is 11.1. The highest BCUT2D eigenvalue weighted by Gasteiger charge is 2.27. The van der Waals surface area contributed by atoms with Gasteiger partial charge in [0.15, 0.2) is 0 Å². The average molecular weight is 895 g/mol. The zero-order valence-corrected chi connectivity index (χ0v) is 38.3. The van der Waals surface area contributed by atoms with Gasteiger partial charge in [-0.3, -0.25) is 9.13 Å². The molecule has 0 saturated carbocycles. The van der Waals surface area contributed by atoms with Crippen LogP contribution in [0.1, 0.15) is 0 Å². The molecular weight excluding hydrogens is 849 g/mol. The fourth-order valence-electron chi connectivity index (χ4n) is 9.91. The Bertz CT molecular complexity index is 3480. The van der Waals surface area contributed by atoms with E-state index in [0.29, 0.717) is 0 Å². The van der Waals surface area contributed by atoms with E-state index in [0.717, 1.165) is 113 Å². The molecule has 0 atom stereocenters. The van der Waals surface area contributed by atoms with Crippen LogP contribution in [0.3, 0.4) is 0 Å². The first kappa shape index (κ1) is 42.0. The van der Waals surface area contributed by atoms with Crippen molar-refractivity contribution < 1.29 is 0 Å². The molecule has 0 radical (unpaired) electrons. The van der Waals surface area contributed by atoms with Crippen molar-refractivity contribution in [1.29, 1.82) is 0 Å². The molecular formula is C66H46N4. The molecule has 0 fully saturated rings. The third kappa shape index (κ3) is 7.74. The first-order valence-electron chi connectivity index (χ1n) is 23.8. The minimum Gasteiger partial charge on any atom is -0.292 e. The first-order chi connectivity index (χ1) is 34.8. The van der Waals surface area contributed by atoms with Gasteiger partial charge >= 0.3 is 0 Å². The molecule has 0 unspecified atom stereocenters. The van der Waals surface area contributed by atoms with Crippen molar-refractivity contribution >= 4 is 0 Å². The van der Waals surface area contributed by atoms with Crippen molar-refractivity contribution in [3.8, 4) is 113 Å². The van der Waals surface area contributed by atoms with E-state index in [4.69, 9.17) is 9.97 Å². The Morgan fingerprint density at radius 1 is 0.200 bits per heavy atom. The van der Waals surface area contributed by atoms with Crippen molar-refractivity contribution in [3.63, 3.8) is 0 Å². The summed E-state index contributed by atoms with van der Waals surface area (Å²) in [6.45, 7) is 0. The van der Waals surface area contributed by atoms with E-state index in [1.165, 1.54) is 0 Å². The zero-order valence-electron chi connectivity index (χ0n) is 38.3. The van der Waals surface area contributed by atoms with E-state index >= 15 is 0 Å². The first-order valence-corrected chi connectivity index (χ1v) is 23.8. The third-order valence-corrected chi connectivity index (χ3v) is 13.0. The van der Waals surface area contributed by atoms with Gasteiger partial charge in [-0.2, -0.15) is 0 Å². The standard InChI is InChI=1S/C66H46N4/c1-7-27-47(28-8-1)61-63(49-31-11-3-12-32-49)69(51-35-15-5-16-36-51)65(67-61)59-45-25-23-43-57(59)55-41-21-19-39-53(55)54-40-20-22-42-56(54)58-44-24-26-46-60(58)66-68-62(48-29-9-2-10-30-48)64(50-33-13-4-14-34-50)70(66)52-37-17-6-18-38-52/h1-46H. The minimum absolute atomic E-state index is 0.865. The number of hydrogen-bond acceptors (Lipinski definition) is 2. The molecule has 12 rings (SSSR count). The summed E-state index contributed by atoms with van der Waals surface area (Å²) >= 11 is 0. The summed E-state index contributed by atoms with van der Waals surface area (Å²) < 4.78 is 4.68. The van der Waals surface area contributed by atoms with E-state index in [1.54, 1.807) is 0 Å². The van der Waals surface area contributed by atoms with E-state index in [-0.39, 0.29) is 0 Å². The van der Waals surface area contributed by atoms with Gasteiger partial charge in [0, 0.05) is 44.8 Å². The molecule has 2 heterocycles. The smallest absolute Gasteiger partial charge is 0.146 e. The number of hydrogen-bond donors (Lipinski definition) is 0. The zero-order chi connectivity index (χ0) is 46.6. The van der Waals surface area contributed by atoms with E-state index in [2.05, 4.69) is 288 Å². The van der Waals surface area contributed by atoms with Crippen LogP contribution in [0, 0.1) is 0 Å². The van der Waals surface area contributed by atoms with Crippen LogP contribution in [0.25, 0.3) is 113 Å². The molecule has 0 amide bonds. The fraction of sp³-hybridized carbons (Fsp3) is 0. The Kier molecular flexibility index (Phi) is 11.2. The van der Waals surface area contributed by atoms with Crippen LogP contribution in [-0.2, 0) is 0 Å². The molecule has 0 aliphatic rings. The van der Waals surface area contributed by atoms with Crippen LogP contribution >= 0.6 is 0 Å². The second-order valence-corrected chi connectivity index (χ2v) is 17.3. The molecule has 4 nitrogen and oxygen atoms in total. The number of rotatable bonds is 11. The van der Waals surface area contributed by atoms with Crippen molar-refractivity contribution in [2.45, 2.75) is 0 Å². The van der Waals surface area contributed by atoms with Gasteiger partial charge < -0.3 is 0 Å². The Morgan fingerprint density at radius 3 is 0.700 bits per heavy atom. The largest absolute Gasteiger partial charge is 0.292 e. The van der Waals surface area contributed by atoms with Gasteiger partial charge in [-0.1, -0.05) is 255 Å². The molecule has 0 bridgehead atoms. The monoisotopic (exact) mass is 894 g/mol. The quantitative estimate of drug-likeness (QED) is 0.130. The maximum absolute atomic E-state index is 5.64. The Morgan fingerprint density at radius 2 is 0.414 bits per heavy atom. The lowest BCUT2D eigenvalue weighted by Gasteiger charge is -2.20. The van der Waals surface area contributed by atoms with Gasteiger partial charge in [0.2, 0.25) is 0 Å². The summed E-state index contributed by atoms with van der Waals surface area (Å²) in [5, 5.41) is 0. The van der Waals surface area contributed by atoms with Crippen LogP contribution in [0.4, 0.5) is 0 Å². The molecule has 0 spiro atoms. The van der Waals surface area contributed by atoms with Gasteiger partial charge in [0.1, 0.15) is 11.6 Å². The fourth-order valence-corrected chi connectivity index (χ4v) is 9.91. The topological polar surface area (TPSA) is 35.6 Å². The Labute approximate surface area is 408 Å². The Hall–Kier alpha value is -9.38. The van der Waals surface area contributed by atoms with E-state index in [1.807, 2.05) is 0 Å². The molecule has 0 saturated heterocycles. The van der Waals surface area contributed by atoms with E-state index in [9.17, 15) is 0 Å². The molecule has 0 aliphatic carbocycles. The van der Waals surface area contributed by atoms with Crippen LogP contribution in [0.2, 0.25) is 0 Å². The highest BCUT2D eigenvalue weighted by Crippen LogP contribution is 2.47. The van der Waals surface area contributed by atoms with Crippen molar-refractivity contribution in [1.82, 2.24) is 19.1 Å². The number of nitrogens with zero attached hydrogens (tertiary/aromatic N) is 4. The predicted molar refractivity (Wildman–Crippen MR) is 290 cm³/mol. The lowest BCUT2D eigenvalue weighted by molar-refractivity contribution is 1.07. The van der Waals surface area contributed by atoms with Crippen molar-refractivity contribution in [2.75, 3.05) is 0 Å². The van der Waals surface area contributed by atoms with Gasteiger partial charge in [0.25, 0.3) is 0 Å². The van der Waals surface area contributed by atoms with Crippen LogP contribution < -0.4 is 0 Å². The number of para-hydroxylation sites is 2. The predicted octanol–water partition coefficient (Wildman–Crippen LogP) is 17.1. The summed E-state index contributed by atoms with van der Waals surface area (Å²) in [5.41, 5.74) is 19.0. The number of aromatic nitrogens is 4. The van der Waals surface area contributed by atoms with Crippen LogP contribution in [0.5, 0.6) is 0 Å². The number of benzene rings is 10. The third-order valence-electron chi connectivity index (χ3n) is 13.0. The lowest BCUT2D eigenvalue weighted by atomic mass is 9.86. The summed E-state index contributed by atoms with van der Waals surface area (Å²) in [5.74, 6) is 1.73. The number of imidazole rings is 2. The summed E-state index contributed by atoms with van der Waals surface area (Å²) in [6.07, 6.45) is 0. The second kappa shape index (κ2) is 18.7. The highest BCUT2D eigenvalue weighted by atomic mass is 15.1. The summed E-state index contributed by atoms with van der Waals surface area (Å²) in [6, 6.07) is 98.7. The average Bonchev–Trinajstić information content (AvgIpc) is 4.05. The molecule has 4 heteroatoms. The molecule has 70 heavy (non-hydrogen) atoms. The van der Waals surface area contributed by atoms with Gasteiger partial charge in [0.05, 0.1) is 22.8 Å². The molecule has 12 aromatic rings. The van der Waals surface area contributed by atoms with Crippen LogP contribution in [0.15, 0.2) is 279 Å². The van der Waals surface area contributed by atoms with Gasteiger partial charge in [-0.25, -0.2) is 9.97 Å². The maximum Gasteiger partial charge on any atom is 0.146 e. The molecule has 330 valence electrons. The maximum atomic E-state index is 5.64. The SMILES string of the molecule is c1ccc(-c2nc(-c3ccccc3-c3ccccc3-c3ccccc3-c3ccccc3-c3nc(-c4ccccc4)c(-c4ccccc4)n3-c3ccccc3)n(-c3ccccc3)c2-c2ccccc2)cc1. The second-order valence-electron chi connectivity index (χ2n) is 17.3. The summed E-state index contributed by atoms with van der Waals surface area (Å²) in [7, 11) is 0. The van der Waals surface area contributed by atoms with E-state index < -0.39 is 0 Å². The highest BCUT2D eigenvalue weighted by molar-refractivity contribution is 5.99. The Balaban J connectivity index is 1.07. The minimum atomic E-state index is 0.865. The molecule has 0 N–H and O–H groups in total. The molecule has 2 aromatic heterocycles. The van der Waals surface area contributed by atoms with Crippen molar-refractivity contribution in [3.05, 3.63) is 279 Å². The summed E-state index contributed by atoms with van der Waals surface area (Å²) in [4.78, 5) is 11.3. The molecule has 0 aliphatic heterocycles. The van der Waals surface area contributed by atoms with Gasteiger partial charge in [-0.15, -0.1) is 0 Å².